The lowest BCUT2D eigenvalue weighted by Crippen LogP contribution is -1.86. The summed E-state index contributed by atoms with van der Waals surface area (Å²) in [6.45, 7) is 2.20. The molecule has 7 heavy (non-hydrogen) atoms. The quantitative estimate of drug-likeness (QED) is 0.435. The first kappa shape index (κ1) is 4.71. The molecule has 1 aliphatic carbocycles. The zero-order chi connectivity index (χ0) is 5.11. The van der Waals surface area contributed by atoms with Gasteiger partial charge in [0.2, 0.25) is 0 Å². The molecule has 0 aromatic rings. The van der Waals surface area contributed by atoms with Gasteiger partial charge < -0.3 is 0 Å². The van der Waals surface area contributed by atoms with Gasteiger partial charge in [0, 0.05) is 12.3 Å². The molecule has 0 nitrogen and oxygen atoms in total. The molecule has 0 heteroatoms. The summed E-state index contributed by atoms with van der Waals surface area (Å²) in [7, 11) is 0. The van der Waals surface area contributed by atoms with Gasteiger partial charge in [0.1, 0.15) is 0 Å². The Hall–Kier alpha value is -0.440. The average Bonchev–Trinajstić information content (AvgIpc) is 2.14. The van der Waals surface area contributed by atoms with Gasteiger partial charge in [0.05, 0.1) is 0 Å². The van der Waals surface area contributed by atoms with E-state index in [1.807, 2.05) is 0 Å². The van der Waals surface area contributed by atoms with Crippen LogP contribution in [0.4, 0.5) is 0 Å². The second-order valence-corrected chi connectivity index (χ2v) is 1.96. The van der Waals surface area contributed by atoms with E-state index in [0.717, 1.165) is 12.3 Å². The van der Waals surface area contributed by atoms with Crippen molar-refractivity contribution in [3.8, 4) is 11.8 Å². The molecule has 1 atom stereocenters. The van der Waals surface area contributed by atoms with Crippen LogP contribution in [0.2, 0.25) is 0 Å². The minimum Gasteiger partial charge on any atom is -0.103 e. The topological polar surface area (TPSA) is 0 Å². The fourth-order valence-electron chi connectivity index (χ4n) is 0.841. The predicted molar refractivity (Wildman–Crippen MR) is 30.8 cm³/mol. The van der Waals surface area contributed by atoms with E-state index in [0.29, 0.717) is 0 Å². The van der Waals surface area contributed by atoms with Gasteiger partial charge in [-0.1, -0.05) is 12.8 Å². The Labute approximate surface area is 44.9 Å². The molecule has 0 heterocycles. The van der Waals surface area contributed by atoms with Crippen molar-refractivity contribution < 1.29 is 0 Å². The Morgan fingerprint density at radius 1 is 1.71 bits per heavy atom. The van der Waals surface area contributed by atoms with Crippen molar-refractivity contribution >= 4 is 0 Å². The molecule has 0 saturated heterocycles. The highest BCUT2D eigenvalue weighted by Crippen LogP contribution is 2.13. The van der Waals surface area contributed by atoms with Crippen molar-refractivity contribution in [2.45, 2.75) is 26.2 Å². The van der Waals surface area contributed by atoms with E-state index in [-0.39, 0.29) is 0 Å². The highest BCUT2D eigenvalue weighted by atomic mass is 14.1. The van der Waals surface area contributed by atoms with Gasteiger partial charge in [-0.15, -0.1) is 5.92 Å². The van der Waals surface area contributed by atoms with Crippen LogP contribution in [-0.4, -0.2) is 0 Å². The lowest BCUT2D eigenvalue weighted by molar-refractivity contribution is 0.624. The van der Waals surface area contributed by atoms with E-state index in [1.165, 1.54) is 12.8 Å². The molecule has 0 bridgehead atoms. The van der Waals surface area contributed by atoms with Gasteiger partial charge in [-0.2, -0.15) is 0 Å². The fraction of sp³-hybridized carbons (Fsp3) is 0.714. The monoisotopic (exact) mass is 94.1 g/mol. The molecule has 0 aromatic carbocycles. The largest absolute Gasteiger partial charge is 0.103 e. The Kier molecular flexibility index (Phi) is 1.36. The van der Waals surface area contributed by atoms with E-state index in [2.05, 4.69) is 18.8 Å². The van der Waals surface area contributed by atoms with Crippen LogP contribution in [0.1, 0.15) is 26.2 Å². The summed E-state index contributed by atoms with van der Waals surface area (Å²) in [6.07, 6.45) is 3.67. The van der Waals surface area contributed by atoms with Gasteiger partial charge in [-0.3, -0.25) is 0 Å². The van der Waals surface area contributed by atoms with Gasteiger partial charge >= 0.3 is 0 Å². The van der Waals surface area contributed by atoms with Crippen LogP contribution in [0.5, 0.6) is 0 Å². The normalized spacial score (nSPS) is 26.7. The fourth-order valence-corrected chi connectivity index (χ4v) is 0.841. The van der Waals surface area contributed by atoms with Crippen LogP contribution in [0.15, 0.2) is 0 Å². The SMILES string of the molecule is CCC1C#CCC1. The van der Waals surface area contributed by atoms with Crippen molar-refractivity contribution in [3.63, 3.8) is 0 Å². The van der Waals surface area contributed by atoms with Gasteiger partial charge in [0.25, 0.3) is 0 Å². The molecule has 0 aromatic heterocycles. The second-order valence-electron chi connectivity index (χ2n) is 1.96. The molecular weight excluding hydrogens is 84.1 g/mol. The molecule has 0 N–H and O–H groups in total. The van der Waals surface area contributed by atoms with Crippen molar-refractivity contribution in [3.05, 3.63) is 0 Å². The highest BCUT2D eigenvalue weighted by molar-refractivity contribution is 5.09. The smallest absolute Gasteiger partial charge is 0.0209 e. The number of rotatable bonds is 1. The predicted octanol–water partition coefficient (Wildman–Crippen LogP) is 1.81. The molecule has 38 valence electrons. The summed E-state index contributed by atoms with van der Waals surface area (Å²) in [5.41, 5.74) is 0. The summed E-state index contributed by atoms with van der Waals surface area (Å²) in [5.74, 6) is 6.97. The highest BCUT2D eigenvalue weighted by Gasteiger charge is 2.03. The minimum atomic E-state index is 0.736. The molecule has 0 radical (unpaired) electrons. The molecule has 1 unspecified atom stereocenters. The third kappa shape index (κ3) is 0.962. The minimum absolute atomic E-state index is 0.736. The molecule has 1 aliphatic rings. The van der Waals surface area contributed by atoms with Crippen LogP contribution < -0.4 is 0 Å². The lowest BCUT2D eigenvalue weighted by Gasteiger charge is -1.95. The standard InChI is InChI=1S/C7H10/c1-2-7-5-3-4-6-7/h7H,2-3,5H2,1H3. The van der Waals surface area contributed by atoms with Gasteiger partial charge in [-0.05, 0) is 12.8 Å². The molecule has 0 saturated carbocycles. The number of hydrogen-bond acceptors (Lipinski definition) is 0. The Balaban J connectivity index is 2.33. The van der Waals surface area contributed by atoms with E-state index < -0.39 is 0 Å². The molecular formula is C7H10. The average molecular weight is 94.2 g/mol. The Morgan fingerprint density at radius 3 is 2.86 bits per heavy atom. The van der Waals surface area contributed by atoms with Crippen LogP contribution in [-0.2, 0) is 0 Å². The van der Waals surface area contributed by atoms with E-state index in [1.54, 1.807) is 0 Å². The third-order valence-electron chi connectivity index (χ3n) is 1.42. The Morgan fingerprint density at radius 2 is 2.57 bits per heavy atom. The summed E-state index contributed by atoms with van der Waals surface area (Å²) in [5, 5.41) is 0. The summed E-state index contributed by atoms with van der Waals surface area (Å²) in [4.78, 5) is 0. The molecule has 1 rings (SSSR count). The summed E-state index contributed by atoms with van der Waals surface area (Å²) in [6, 6.07) is 0. The van der Waals surface area contributed by atoms with Crippen LogP contribution in [0.25, 0.3) is 0 Å². The number of hydrogen-bond donors (Lipinski definition) is 0. The summed E-state index contributed by atoms with van der Waals surface area (Å²) >= 11 is 0. The van der Waals surface area contributed by atoms with Crippen LogP contribution in [0.3, 0.4) is 0 Å². The maximum atomic E-state index is 3.16. The van der Waals surface area contributed by atoms with Gasteiger partial charge in [-0.25, -0.2) is 0 Å². The summed E-state index contributed by atoms with van der Waals surface area (Å²) < 4.78 is 0. The van der Waals surface area contributed by atoms with Crippen molar-refractivity contribution in [2.24, 2.45) is 5.92 Å². The zero-order valence-electron chi connectivity index (χ0n) is 4.70. The van der Waals surface area contributed by atoms with E-state index in [9.17, 15) is 0 Å². The second kappa shape index (κ2) is 2.02. The zero-order valence-corrected chi connectivity index (χ0v) is 4.70. The first-order chi connectivity index (χ1) is 3.43. The maximum absolute atomic E-state index is 3.16. The maximum Gasteiger partial charge on any atom is 0.0209 e. The molecule has 0 spiro atoms. The van der Waals surface area contributed by atoms with Crippen LogP contribution >= 0.6 is 0 Å². The Bertz CT molecular complexity index is 103. The van der Waals surface area contributed by atoms with Crippen LogP contribution in [0, 0.1) is 17.8 Å². The molecule has 0 fully saturated rings. The van der Waals surface area contributed by atoms with Crippen molar-refractivity contribution in [1.82, 2.24) is 0 Å². The van der Waals surface area contributed by atoms with E-state index >= 15 is 0 Å². The lowest BCUT2D eigenvalue weighted by atomic mass is 10.1. The van der Waals surface area contributed by atoms with Crippen molar-refractivity contribution in [1.29, 1.82) is 0 Å². The third-order valence-corrected chi connectivity index (χ3v) is 1.42. The van der Waals surface area contributed by atoms with Gasteiger partial charge in [0.15, 0.2) is 0 Å². The van der Waals surface area contributed by atoms with Crippen molar-refractivity contribution in [2.75, 3.05) is 0 Å². The van der Waals surface area contributed by atoms with E-state index in [4.69, 9.17) is 0 Å². The first-order valence-electron chi connectivity index (χ1n) is 2.92. The first-order valence-corrected chi connectivity index (χ1v) is 2.92. The molecule has 0 amide bonds. The molecule has 0 aliphatic heterocycles.